The number of anilines is 1. The van der Waals surface area contributed by atoms with E-state index in [9.17, 15) is 9.18 Å². The number of piperidine rings is 1. The molecule has 4 rings (SSSR count). The van der Waals surface area contributed by atoms with Crippen molar-refractivity contribution in [2.75, 3.05) is 31.1 Å². The summed E-state index contributed by atoms with van der Waals surface area (Å²) in [5, 5.41) is 3.52. The van der Waals surface area contributed by atoms with Crippen molar-refractivity contribution < 1.29 is 13.6 Å². The van der Waals surface area contributed by atoms with Crippen molar-refractivity contribution in [1.82, 2.24) is 15.3 Å². The molecule has 1 saturated heterocycles. The van der Waals surface area contributed by atoms with Gasteiger partial charge in [-0.05, 0) is 49.0 Å². The first-order chi connectivity index (χ1) is 15.0. The van der Waals surface area contributed by atoms with Crippen molar-refractivity contribution in [1.29, 1.82) is 0 Å². The van der Waals surface area contributed by atoms with Crippen LogP contribution >= 0.6 is 11.3 Å². The lowest BCUT2D eigenvalue weighted by molar-refractivity contribution is 0.0950. The minimum atomic E-state index is -1.78. The highest BCUT2D eigenvalue weighted by atomic mass is 32.1. The van der Waals surface area contributed by atoms with E-state index < -0.39 is 14.3 Å². The van der Waals surface area contributed by atoms with Gasteiger partial charge in [-0.15, -0.1) is 11.3 Å². The SMILES string of the molecule is CC(C)(C)[Si](C)(C)OC[C@@H]1CCCN(c2ccc(-c3nc4c(s3)C(=O)NCC4)c(F)n2)C1. The molecule has 2 aliphatic heterocycles. The van der Waals surface area contributed by atoms with Gasteiger partial charge in [0.05, 0.1) is 11.3 Å². The second kappa shape index (κ2) is 8.83. The first-order valence-electron chi connectivity index (χ1n) is 11.4. The molecule has 1 atom stereocenters. The number of rotatable bonds is 5. The Hall–Kier alpha value is -1.84. The lowest BCUT2D eigenvalue weighted by Crippen LogP contribution is -2.44. The standard InChI is InChI=1S/C23H33FN4O2SSi/c1-23(2,3)32(4,5)30-14-15-7-6-12-28(13-15)18-9-8-16(20(24)27-18)22-26-17-10-11-25-21(29)19(17)31-22/h8-9,15H,6-7,10-14H2,1-5H3,(H,25,29)/t15-/m1/s1. The lowest BCUT2D eigenvalue weighted by atomic mass is 9.99. The molecule has 0 aromatic carbocycles. The number of nitrogens with one attached hydrogen (secondary N) is 1. The van der Waals surface area contributed by atoms with Crippen molar-refractivity contribution in [2.45, 2.75) is 58.2 Å². The highest BCUT2D eigenvalue weighted by Crippen LogP contribution is 2.37. The van der Waals surface area contributed by atoms with Crippen molar-refractivity contribution in [3.8, 4) is 10.6 Å². The Morgan fingerprint density at radius 1 is 1.31 bits per heavy atom. The molecule has 0 aliphatic carbocycles. The van der Waals surface area contributed by atoms with E-state index >= 15 is 0 Å². The predicted octanol–water partition coefficient (Wildman–Crippen LogP) is 4.87. The molecule has 0 saturated carbocycles. The summed E-state index contributed by atoms with van der Waals surface area (Å²) in [5.41, 5.74) is 1.11. The Balaban J connectivity index is 1.45. The molecule has 4 heterocycles. The zero-order chi connectivity index (χ0) is 23.1. The van der Waals surface area contributed by atoms with E-state index in [1.54, 1.807) is 6.07 Å². The second-order valence-electron chi connectivity index (χ2n) is 10.3. The first kappa shape index (κ1) is 23.3. The van der Waals surface area contributed by atoms with Crippen LogP contribution in [-0.2, 0) is 10.8 Å². The monoisotopic (exact) mass is 476 g/mol. The molecule has 2 aromatic heterocycles. The van der Waals surface area contributed by atoms with Crippen LogP contribution in [0.4, 0.5) is 10.2 Å². The van der Waals surface area contributed by atoms with Gasteiger partial charge in [0, 0.05) is 32.7 Å². The van der Waals surface area contributed by atoms with Gasteiger partial charge in [-0.3, -0.25) is 4.79 Å². The quantitative estimate of drug-likeness (QED) is 0.493. The lowest BCUT2D eigenvalue weighted by Gasteiger charge is -2.39. The Morgan fingerprint density at radius 2 is 2.09 bits per heavy atom. The molecule has 2 aromatic rings. The van der Waals surface area contributed by atoms with E-state index in [1.807, 2.05) is 6.07 Å². The number of hydrogen-bond acceptors (Lipinski definition) is 6. The van der Waals surface area contributed by atoms with Gasteiger partial charge >= 0.3 is 0 Å². The largest absolute Gasteiger partial charge is 0.416 e. The molecule has 0 spiro atoms. The molecule has 0 unspecified atom stereocenters. The van der Waals surface area contributed by atoms with Crippen molar-refractivity contribution in [3.05, 3.63) is 28.7 Å². The minimum absolute atomic E-state index is 0.126. The Bertz CT molecular complexity index is 1000. The first-order valence-corrected chi connectivity index (χ1v) is 15.1. The zero-order valence-corrected chi connectivity index (χ0v) is 21.4. The van der Waals surface area contributed by atoms with Crippen molar-refractivity contribution in [3.63, 3.8) is 0 Å². The van der Waals surface area contributed by atoms with Crippen LogP contribution < -0.4 is 10.2 Å². The summed E-state index contributed by atoms with van der Waals surface area (Å²) in [5.74, 6) is 0.418. The summed E-state index contributed by atoms with van der Waals surface area (Å²) in [4.78, 5) is 23.5. The molecule has 32 heavy (non-hydrogen) atoms. The summed E-state index contributed by atoms with van der Waals surface area (Å²) in [6.45, 7) is 14.3. The molecule has 2 aliphatic rings. The van der Waals surface area contributed by atoms with Crippen LogP contribution in [-0.4, -0.2) is 50.4 Å². The highest BCUT2D eigenvalue weighted by Gasteiger charge is 2.38. The Kier molecular flexibility index (Phi) is 6.44. The number of thiazole rings is 1. The molecule has 1 fully saturated rings. The van der Waals surface area contributed by atoms with Crippen LogP contribution in [0.3, 0.4) is 0 Å². The number of amides is 1. The van der Waals surface area contributed by atoms with Crippen LogP contribution in [0.5, 0.6) is 0 Å². The minimum Gasteiger partial charge on any atom is -0.416 e. The number of carbonyl (C=O) groups is 1. The summed E-state index contributed by atoms with van der Waals surface area (Å²) in [6.07, 6.45) is 2.85. The number of halogens is 1. The summed E-state index contributed by atoms with van der Waals surface area (Å²) < 4.78 is 21.4. The average molecular weight is 477 g/mol. The number of carbonyl (C=O) groups excluding carboxylic acids is 1. The van der Waals surface area contributed by atoms with E-state index in [0.717, 1.165) is 38.2 Å². The van der Waals surface area contributed by atoms with Gasteiger partial charge in [-0.25, -0.2) is 9.97 Å². The third-order valence-electron chi connectivity index (χ3n) is 6.94. The van der Waals surface area contributed by atoms with E-state index in [2.05, 4.69) is 54.0 Å². The summed E-state index contributed by atoms with van der Waals surface area (Å²) in [6, 6.07) is 3.62. The molecule has 1 amide bonds. The second-order valence-corrected chi connectivity index (χ2v) is 16.1. The fourth-order valence-electron chi connectivity index (χ4n) is 3.90. The molecule has 9 heteroatoms. The zero-order valence-electron chi connectivity index (χ0n) is 19.6. The molecule has 174 valence electrons. The fraction of sp³-hybridized carbons (Fsp3) is 0.609. The van der Waals surface area contributed by atoms with Crippen molar-refractivity contribution >= 4 is 31.4 Å². The third-order valence-corrected chi connectivity index (χ3v) is 12.6. The Morgan fingerprint density at radius 3 is 2.78 bits per heavy atom. The van der Waals surface area contributed by atoms with E-state index in [1.165, 1.54) is 11.3 Å². The summed E-state index contributed by atoms with van der Waals surface area (Å²) in [7, 11) is -1.78. The van der Waals surface area contributed by atoms with Crippen LogP contribution in [0.25, 0.3) is 10.6 Å². The highest BCUT2D eigenvalue weighted by molar-refractivity contribution is 7.17. The van der Waals surface area contributed by atoms with Crippen LogP contribution in [0.1, 0.15) is 49.0 Å². The Labute approximate surface area is 194 Å². The van der Waals surface area contributed by atoms with Gasteiger partial charge in [0.1, 0.15) is 15.7 Å². The van der Waals surface area contributed by atoms with Crippen molar-refractivity contribution in [2.24, 2.45) is 5.92 Å². The number of fused-ring (bicyclic) bond motifs is 1. The molecular formula is C23H33FN4O2SSi. The maximum atomic E-state index is 15.0. The van der Waals surface area contributed by atoms with Gasteiger partial charge in [0.15, 0.2) is 8.32 Å². The van der Waals surface area contributed by atoms with E-state index in [-0.39, 0.29) is 10.9 Å². The van der Waals surface area contributed by atoms with Gasteiger partial charge in [0.2, 0.25) is 5.95 Å². The van der Waals surface area contributed by atoms with Gasteiger partial charge < -0.3 is 14.6 Å². The van der Waals surface area contributed by atoms with E-state index in [0.29, 0.717) is 40.1 Å². The normalized spacial score (nSPS) is 19.6. The smallest absolute Gasteiger partial charge is 0.263 e. The van der Waals surface area contributed by atoms with Gasteiger partial charge in [-0.1, -0.05) is 20.8 Å². The van der Waals surface area contributed by atoms with Crippen LogP contribution in [0.15, 0.2) is 12.1 Å². The molecule has 0 bridgehead atoms. The fourth-order valence-corrected chi connectivity index (χ4v) is 6.03. The maximum absolute atomic E-state index is 15.0. The number of pyridine rings is 1. The van der Waals surface area contributed by atoms with E-state index in [4.69, 9.17) is 4.43 Å². The maximum Gasteiger partial charge on any atom is 0.263 e. The van der Waals surface area contributed by atoms with Gasteiger partial charge in [0.25, 0.3) is 5.91 Å². The molecule has 1 N–H and O–H groups in total. The predicted molar refractivity (Wildman–Crippen MR) is 129 cm³/mol. The van der Waals surface area contributed by atoms with Crippen LogP contribution in [0, 0.1) is 11.9 Å². The molecular weight excluding hydrogens is 443 g/mol. The number of hydrogen-bond donors (Lipinski definition) is 1. The number of aromatic nitrogens is 2. The topological polar surface area (TPSA) is 67.3 Å². The summed E-state index contributed by atoms with van der Waals surface area (Å²) >= 11 is 1.23. The third kappa shape index (κ3) is 4.74. The van der Waals surface area contributed by atoms with Gasteiger partial charge in [-0.2, -0.15) is 4.39 Å². The average Bonchev–Trinajstić information content (AvgIpc) is 3.17. The number of nitrogens with zero attached hydrogens (tertiary/aromatic N) is 3. The molecule has 0 radical (unpaired) electrons. The van der Waals surface area contributed by atoms with Crippen LogP contribution in [0.2, 0.25) is 18.1 Å². The molecule has 6 nitrogen and oxygen atoms in total.